The summed E-state index contributed by atoms with van der Waals surface area (Å²) in [6.45, 7) is 0. The van der Waals surface area contributed by atoms with Crippen LogP contribution >= 0.6 is 0 Å². The van der Waals surface area contributed by atoms with Gasteiger partial charge in [-0.1, -0.05) is 12.2 Å². The van der Waals surface area contributed by atoms with Crippen LogP contribution in [-0.4, -0.2) is 6.29 Å². The monoisotopic (exact) mass is 122 g/mol. The molecule has 2 aliphatic rings. The molecule has 0 aromatic rings. The van der Waals surface area contributed by atoms with Gasteiger partial charge in [-0.05, 0) is 24.7 Å². The van der Waals surface area contributed by atoms with Crippen LogP contribution < -0.4 is 0 Å². The molecule has 9 heavy (non-hydrogen) atoms. The van der Waals surface area contributed by atoms with Gasteiger partial charge in [0.15, 0.2) is 0 Å². The highest BCUT2D eigenvalue weighted by atomic mass is 16.1. The average molecular weight is 122 g/mol. The van der Waals surface area contributed by atoms with Crippen molar-refractivity contribution in [3.8, 4) is 0 Å². The molecule has 0 N–H and O–H groups in total. The second kappa shape index (κ2) is 1.69. The van der Waals surface area contributed by atoms with Gasteiger partial charge in [-0.15, -0.1) is 0 Å². The van der Waals surface area contributed by atoms with Crippen molar-refractivity contribution in [3.05, 3.63) is 12.2 Å². The summed E-state index contributed by atoms with van der Waals surface area (Å²) in [5.74, 6) is 1.71. The molecule has 0 spiro atoms. The Kier molecular flexibility index (Phi) is 0.981. The van der Waals surface area contributed by atoms with Gasteiger partial charge in [-0.25, -0.2) is 0 Å². The highest BCUT2D eigenvalue weighted by Crippen LogP contribution is 2.42. The molecule has 1 unspecified atom stereocenters. The summed E-state index contributed by atoms with van der Waals surface area (Å²) in [5, 5.41) is 0. The van der Waals surface area contributed by atoms with Crippen LogP contribution in [0.25, 0.3) is 0 Å². The Hall–Kier alpha value is -0.590. The SMILES string of the molecule is O=C[C@H]1CC2C=C[C@@H]1C2. The fraction of sp³-hybridized carbons (Fsp3) is 0.625. The molecular weight excluding hydrogens is 112 g/mol. The number of carbonyl (C=O) groups is 1. The second-order valence-electron chi connectivity index (χ2n) is 3.08. The fourth-order valence-electron chi connectivity index (χ4n) is 1.98. The third-order valence-corrected chi connectivity index (χ3v) is 2.51. The number of allylic oxidation sites excluding steroid dienone is 2. The summed E-state index contributed by atoms with van der Waals surface area (Å²) >= 11 is 0. The Bertz CT molecular complexity index is 160. The lowest BCUT2D eigenvalue weighted by atomic mass is 9.95. The zero-order chi connectivity index (χ0) is 6.27. The minimum Gasteiger partial charge on any atom is -0.303 e. The summed E-state index contributed by atoms with van der Waals surface area (Å²) in [4.78, 5) is 10.4. The molecule has 0 heterocycles. The first-order valence-corrected chi connectivity index (χ1v) is 3.54. The molecule has 3 atom stereocenters. The Labute approximate surface area is 54.8 Å². The normalized spacial score (nSPS) is 46.0. The van der Waals surface area contributed by atoms with E-state index < -0.39 is 0 Å². The van der Waals surface area contributed by atoms with Crippen molar-refractivity contribution in [3.63, 3.8) is 0 Å². The van der Waals surface area contributed by atoms with Crippen molar-refractivity contribution in [2.24, 2.45) is 17.8 Å². The molecule has 2 aliphatic carbocycles. The highest BCUT2D eigenvalue weighted by molar-refractivity contribution is 5.56. The van der Waals surface area contributed by atoms with Crippen LogP contribution in [0.5, 0.6) is 0 Å². The fourth-order valence-corrected chi connectivity index (χ4v) is 1.98. The predicted molar refractivity (Wildman–Crippen MR) is 34.9 cm³/mol. The van der Waals surface area contributed by atoms with E-state index in [2.05, 4.69) is 12.2 Å². The number of hydrogen-bond acceptors (Lipinski definition) is 1. The van der Waals surface area contributed by atoms with Gasteiger partial charge in [0.05, 0.1) is 0 Å². The summed E-state index contributed by atoms with van der Waals surface area (Å²) in [6.07, 6.45) is 7.93. The Balaban J connectivity index is 2.19. The minimum atomic E-state index is 0.361. The van der Waals surface area contributed by atoms with Crippen LogP contribution in [0.2, 0.25) is 0 Å². The lowest BCUT2D eigenvalue weighted by molar-refractivity contribution is -0.111. The Morgan fingerprint density at radius 2 is 2.22 bits per heavy atom. The lowest BCUT2D eigenvalue weighted by Crippen LogP contribution is -2.07. The molecule has 0 amide bonds. The van der Waals surface area contributed by atoms with Crippen molar-refractivity contribution < 1.29 is 4.79 Å². The van der Waals surface area contributed by atoms with Gasteiger partial charge in [-0.3, -0.25) is 0 Å². The highest BCUT2D eigenvalue weighted by Gasteiger charge is 2.34. The lowest BCUT2D eigenvalue weighted by Gasteiger charge is -2.08. The van der Waals surface area contributed by atoms with E-state index >= 15 is 0 Å². The zero-order valence-electron chi connectivity index (χ0n) is 5.29. The summed E-state index contributed by atoms with van der Waals surface area (Å²) in [6, 6.07) is 0. The first-order chi connectivity index (χ1) is 4.40. The molecule has 48 valence electrons. The van der Waals surface area contributed by atoms with Gasteiger partial charge >= 0.3 is 0 Å². The van der Waals surface area contributed by atoms with Crippen LogP contribution in [0.3, 0.4) is 0 Å². The van der Waals surface area contributed by atoms with E-state index in [1.54, 1.807) is 0 Å². The molecule has 1 fully saturated rings. The van der Waals surface area contributed by atoms with Crippen molar-refractivity contribution in [1.29, 1.82) is 0 Å². The number of aldehydes is 1. The number of carbonyl (C=O) groups excluding carboxylic acids is 1. The topological polar surface area (TPSA) is 17.1 Å². The van der Waals surface area contributed by atoms with Gasteiger partial charge in [-0.2, -0.15) is 0 Å². The van der Waals surface area contributed by atoms with Crippen LogP contribution in [0.15, 0.2) is 12.2 Å². The maximum Gasteiger partial charge on any atom is 0.123 e. The van der Waals surface area contributed by atoms with Crippen molar-refractivity contribution in [2.45, 2.75) is 12.8 Å². The third kappa shape index (κ3) is 0.640. The summed E-state index contributed by atoms with van der Waals surface area (Å²) in [5.41, 5.74) is 0. The Morgan fingerprint density at radius 3 is 2.56 bits per heavy atom. The molecule has 1 nitrogen and oxygen atoms in total. The van der Waals surface area contributed by atoms with Gasteiger partial charge < -0.3 is 4.79 Å². The van der Waals surface area contributed by atoms with E-state index in [-0.39, 0.29) is 0 Å². The van der Waals surface area contributed by atoms with Crippen LogP contribution in [-0.2, 0) is 4.79 Å². The molecule has 2 rings (SSSR count). The molecule has 1 saturated carbocycles. The molecular formula is C8H10O. The van der Waals surface area contributed by atoms with Crippen LogP contribution in [0, 0.1) is 17.8 Å². The molecule has 0 aliphatic heterocycles. The molecule has 2 bridgehead atoms. The van der Waals surface area contributed by atoms with Crippen molar-refractivity contribution in [1.82, 2.24) is 0 Å². The van der Waals surface area contributed by atoms with E-state index in [0.29, 0.717) is 11.8 Å². The quantitative estimate of drug-likeness (QED) is 0.379. The van der Waals surface area contributed by atoms with Crippen LogP contribution in [0.4, 0.5) is 0 Å². The van der Waals surface area contributed by atoms with Gasteiger partial charge in [0.1, 0.15) is 6.29 Å². The Morgan fingerprint density at radius 1 is 1.33 bits per heavy atom. The van der Waals surface area contributed by atoms with E-state index in [0.717, 1.165) is 18.6 Å². The van der Waals surface area contributed by atoms with Crippen LogP contribution in [0.1, 0.15) is 12.8 Å². The van der Waals surface area contributed by atoms with Gasteiger partial charge in [0.25, 0.3) is 0 Å². The second-order valence-corrected chi connectivity index (χ2v) is 3.08. The minimum absolute atomic E-state index is 0.361. The standard InChI is InChI=1S/C8H10O/c9-5-8-4-6-1-2-7(8)3-6/h1-2,5-8H,3-4H2/t6?,7-,8-/m1/s1. The van der Waals surface area contributed by atoms with Gasteiger partial charge in [0, 0.05) is 5.92 Å². The first kappa shape index (κ1) is 5.21. The van der Waals surface area contributed by atoms with E-state index in [9.17, 15) is 4.79 Å². The molecule has 0 aromatic carbocycles. The van der Waals surface area contributed by atoms with E-state index in [1.165, 1.54) is 6.42 Å². The van der Waals surface area contributed by atoms with Crippen molar-refractivity contribution in [2.75, 3.05) is 0 Å². The van der Waals surface area contributed by atoms with Gasteiger partial charge in [0.2, 0.25) is 0 Å². The maximum atomic E-state index is 10.4. The average Bonchev–Trinajstić information content (AvgIpc) is 2.45. The largest absolute Gasteiger partial charge is 0.303 e. The number of rotatable bonds is 1. The zero-order valence-corrected chi connectivity index (χ0v) is 5.29. The molecule has 0 radical (unpaired) electrons. The van der Waals surface area contributed by atoms with Crippen molar-refractivity contribution >= 4 is 6.29 Å². The van der Waals surface area contributed by atoms with E-state index in [1.807, 2.05) is 0 Å². The third-order valence-electron chi connectivity index (χ3n) is 2.51. The molecule has 1 heteroatoms. The molecule has 0 aromatic heterocycles. The first-order valence-electron chi connectivity index (χ1n) is 3.54. The van der Waals surface area contributed by atoms with E-state index in [4.69, 9.17) is 0 Å². The predicted octanol–water partition coefficient (Wildman–Crippen LogP) is 1.40. The summed E-state index contributed by atoms with van der Waals surface area (Å²) in [7, 11) is 0. The maximum absolute atomic E-state index is 10.4. The summed E-state index contributed by atoms with van der Waals surface area (Å²) < 4.78 is 0. The number of fused-ring (bicyclic) bond motifs is 2. The number of hydrogen-bond donors (Lipinski definition) is 0. The molecule has 0 saturated heterocycles. The smallest absolute Gasteiger partial charge is 0.123 e.